The second-order valence-electron chi connectivity index (χ2n) is 2.61. The minimum atomic E-state index is 0.231. The third-order valence-corrected chi connectivity index (χ3v) is 1.71. The van der Waals surface area contributed by atoms with Crippen molar-refractivity contribution in [1.82, 2.24) is 4.90 Å². The van der Waals surface area contributed by atoms with E-state index in [1.165, 1.54) is 0 Å². The normalized spacial score (nSPS) is 14.4. The van der Waals surface area contributed by atoms with Gasteiger partial charge in [-0.3, -0.25) is 4.79 Å². The summed E-state index contributed by atoms with van der Waals surface area (Å²) >= 11 is 0. The number of nitrogens with zero attached hydrogens (tertiary/aromatic N) is 1. The standard InChI is InChI=1S/C9H13NO/c1-2-3-4-6-9(11)10-7-5-8-10/h2,5,7H,1,3-4,6,8H2. The molecule has 0 aromatic rings. The van der Waals surface area contributed by atoms with E-state index in [2.05, 4.69) is 6.58 Å². The van der Waals surface area contributed by atoms with Crippen LogP contribution in [-0.2, 0) is 4.79 Å². The fourth-order valence-electron chi connectivity index (χ4n) is 0.937. The molecule has 0 N–H and O–H groups in total. The van der Waals surface area contributed by atoms with E-state index in [1.54, 1.807) is 4.90 Å². The summed E-state index contributed by atoms with van der Waals surface area (Å²) in [6.07, 6.45) is 8.16. The predicted octanol–water partition coefficient (Wildman–Crippen LogP) is 1.70. The predicted molar refractivity (Wildman–Crippen MR) is 44.9 cm³/mol. The molecule has 0 aliphatic carbocycles. The molecule has 1 heterocycles. The molecule has 0 bridgehead atoms. The van der Waals surface area contributed by atoms with Gasteiger partial charge in [0.25, 0.3) is 0 Å². The van der Waals surface area contributed by atoms with Gasteiger partial charge in [0, 0.05) is 19.2 Å². The van der Waals surface area contributed by atoms with Gasteiger partial charge < -0.3 is 4.90 Å². The number of allylic oxidation sites excluding steroid dienone is 1. The van der Waals surface area contributed by atoms with Gasteiger partial charge in [-0.25, -0.2) is 0 Å². The highest BCUT2D eigenvalue weighted by atomic mass is 16.2. The van der Waals surface area contributed by atoms with Crippen LogP contribution in [0.15, 0.2) is 24.9 Å². The summed E-state index contributed by atoms with van der Waals surface area (Å²) in [6, 6.07) is 0. The van der Waals surface area contributed by atoms with Gasteiger partial charge in [-0.05, 0) is 18.9 Å². The monoisotopic (exact) mass is 151 g/mol. The van der Waals surface area contributed by atoms with E-state index in [-0.39, 0.29) is 5.91 Å². The van der Waals surface area contributed by atoms with Gasteiger partial charge in [0.2, 0.25) is 5.91 Å². The van der Waals surface area contributed by atoms with Gasteiger partial charge >= 0.3 is 0 Å². The lowest BCUT2D eigenvalue weighted by atomic mass is 10.2. The molecule has 0 aromatic carbocycles. The number of hydrogen-bond acceptors (Lipinski definition) is 1. The summed E-state index contributed by atoms with van der Waals surface area (Å²) in [5.74, 6) is 0.231. The van der Waals surface area contributed by atoms with Crippen LogP contribution in [-0.4, -0.2) is 17.4 Å². The van der Waals surface area contributed by atoms with Crippen molar-refractivity contribution >= 4 is 5.91 Å². The third-order valence-electron chi connectivity index (χ3n) is 1.71. The zero-order valence-corrected chi connectivity index (χ0v) is 6.62. The molecule has 2 nitrogen and oxygen atoms in total. The summed E-state index contributed by atoms with van der Waals surface area (Å²) in [5, 5.41) is 0. The molecule has 1 aliphatic rings. The third kappa shape index (κ3) is 2.22. The summed E-state index contributed by atoms with van der Waals surface area (Å²) in [4.78, 5) is 12.9. The molecule has 1 amide bonds. The second-order valence-corrected chi connectivity index (χ2v) is 2.61. The van der Waals surface area contributed by atoms with Crippen LogP contribution >= 0.6 is 0 Å². The Morgan fingerprint density at radius 3 is 2.91 bits per heavy atom. The fraction of sp³-hybridized carbons (Fsp3) is 0.444. The first kappa shape index (κ1) is 8.05. The van der Waals surface area contributed by atoms with Crippen molar-refractivity contribution < 1.29 is 4.79 Å². The molecular weight excluding hydrogens is 138 g/mol. The quantitative estimate of drug-likeness (QED) is 0.442. The molecular formula is C9H13NO. The van der Waals surface area contributed by atoms with Gasteiger partial charge in [-0.15, -0.1) is 6.58 Å². The molecule has 60 valence electrons. The van der Waals surface area contributed by atoms with E-state index >= 15 is 0 Å². The van der Waals surface area contributed by atoms with Crippen molar-refractivity contribution in [3.05, 3.63) is 24.9 Å². The van der Waals surface area contributed by atoms with Crippen LogP contribution in [0.25, 0.3) is 0 Å². The molecule has 0 aromatic heterocycles. The lowest BCUT2D eigenvalue weighted by Gasteiger charge is -2.22. The first-order valence-corrected chi connectivity index (χ1v) is 3.91. The number of unbranched alkanes of at least 4 members (excludes halogenated alkanes) is 1. The maximum absolute atomic E-state index is 11.1. The molecule has 0 saturated heterocycles. The molecule has 0 unspecified atom stereocenters. The van der Waals surface area contributed by atoms with Gasteiger partial charge in [0.15, 0.2) is 0 Å². The number of carbonyl (C=O) groups excluding carboxylic acids is 1. The molecule has 0 radical (unpaired) electrons. The number of amides is 1. The zero-order valence-electron chi connectivity index (χ0n) is 6.62. The van der Waals surface area contributed by atoms with Gasteiger partial charge in [-0.2, -0.15) is 0 Å². The van der Waals surface area contributed by atoms with E-state index in [0.717, 1.165) is 19.4 Å². The highest BCUT2D eigenvalue weighted by Crippen LogP contribution is 2.07. The van der Waals surface area contributed by atoms with Crippen LogP contribution in [0.5, 0.6) is 0 Å². The Labute approximate surface area is 67.2 Å². The Morgan fingerprint density at radius 2 is 2.45 bits per heavy atom. The molecule has 0 fully saturated rings. The van der Waals surface area contributed by atoms with Gasteiger partial charge in [-0.1, -0.05) is 6.08 Å². The minimum Gasteiger partial charge on any atom is -0.315 e. The Hall–Kier alpha value is -1.05. The molecule has 1 rings (SSSR count). The smallest absolute Gasteiger partial charge is 0.226 e. The van der Waals surface area contributed by atoms with Crippen LogP contribution < -0.4 is 0 Å². The Morgan fingerprint density at radius 1 is 1.73 bits per heavy atom. The summed E-state index contributed by atoms with van der Waals surface area (Å²) in [7, 11) is 0. The maximum Gasteiger partial charge on any atom is 0.226 e. The summed E-state index contributed by atoms with van der Waals surface area (Å²) in [5.41, 5.74) is 0. The second kappa shape index (κ2) is 3.96. The van der Waals surface area contributed by atoms with Crippen molar-refractivity contribution in [3.8, 4) is 0 Å². The van der Waals surface area contributed by atoms with E-state index in [0.29, 0.717) is 6.42 Å². The molecule has 0 atom stereocenters. The average molecular weight is 151 g/mol. The number of rotatable bonds is 4. The Kier molecular flexibility index (Phi) is 2.90. The average Bonchev–Trinajstić information content (AvgIpc) is 1.84. The highest BCUT2D eigenvalue weighted by molar-refractivity contribution is 5.78. The van der Waals surface area contributed by atoms with Gasteiger partial charge in [0.1, 0.15) is 0 Å². The first-order chi connectivity index (χ1) is 5.34. The van der Waals surface area contributed by atoms with Crippen LogP contribution in [0.2, 0.25) is 0 Å². The molecule has 0 spiro atoms. The molecule has 0 saturated carbocycles. The van der Waals surface area contributed by atoms with E-state index in [1.807, 2.05) is 18.4 Å². The molecule has 1 aliphatic heterocycles. The highest BCUT2D eigenvalue weighted by Gasteiger charge is 2.12. The van der Waals surface area contributed by atoms with Crippen LogP contribution in [0, 0.1) is 0 Å². The van der Waals surface area contributed by atoms with Crippen molar-refractivity contribution in [2.24, 2.45) is 0 Å². The largest absolute Gasteiger partial charge is 0.315 e. The fourth-order valence-corrected chi connectivity index (χ4v) is 0.937. The SMILES string of the molecule is C=CCCCC(=O)N1C=CC1. The topological polar surface area (TPSA) is 20.3 Å². The van der Waals surface area contributed by atoms with Crippen LogP contribution in [0.1, 0.15) is 19.3 Å². The Bertz CT molecular complexity index is 184. The molecule has 2 heteroatoms. The molecule has 11 heavy (non-hydrogen) atoms. The Balaban J connectivity index is 2.10. The lowest BCUT2D eigenvalue weighted by molar-refractivity contribution is -0.129. The summed E-state index contributed by atoms with van der Waals surface area (Å²) < 4.78 is 0. The van der Waals surface area contributed by atoms with Crippen molar-refractivity contribution in [3.63, 3.8) is 0 Å². The first-order valence-electron chi connectivity index (χ1n) is 3.91. The van der Waals surface area contributed by atoms with Crippen LogP contribution in [0.3, 0.4) is 0 Å². The minimum absolute atomic E-state index is 0.231. The summed E-state index contributed by atoms with van der Waals surface area (Å²) in [6.45, 7) is 4.40. The number of hydrogen-bond donors (Lipinski definition) is 0. The van der Waals surface area contributed by atoms with Gasteiger partial charge in [0.05, 0.1) is 0 Å². The zero-order chi connectivity index (χ0) is 8.10. The van der Waals surface area contributed by atoms with Crippen molar-refractivity contribution in [1.29, 1.82) is 0 Å². The van der Waals surface area contributed by atoms with E-state index < -0.39 is 0 Å². The number of carbonyl (C=O) groups is 1. The van der Waals surface area contributed by atoms with Crippen LogP contribution in [0.4, 0.5) is 0 Å². The van der Waals surface area contributed by atoms with Crippen molar-refractivity contribution in [2.45, 2.75) is 19.3 Å². The van der Waals surface area contributed by atoms with E-state index in [9.17, 15) is 4.79 Å². The van der Waals surface area contributed by atoms with E-state index in [4.69, 9.17) is 0 Å². The lowest BCUT2D eigenvalue weighted by Crippen LogP contribution is -2.31. The maximum atomic E-state index is 11.1. The van der Waals surface area contributed by atoms with Crippen molar-refractivity contribution in [2.75, 3.05) is 6.54 Å².